The molecule has 138 valence electrons. The Morgan fingerprint density at radius 2 is 1.88 bits per heavy atom. The third-order valence-corrected chi connectivity index (χ3v) is 3.44. The van der Waals surface area contributed by atoms with Crippen LogP contribution in [0.15, 0.2) is 35.3 Å². The fourth-order valence-electron chi connectivity index (χ4n) is 2.09. The minimum Gasteiger partial charge on any atom is -0.377 e. The van der Waals surface area contributed by atoms with Crippen LogP contribution in [0.3, 0.4) is 0 Å². The number of benzene rings is 1. The van der Waals surface area contributed by atoms with Crippen LogP contribution in [0.5, 0.6) is 0 Å². The number of rotatable bonds is 11. The number of ether oxygens (including phenoxy) is 1. The highest BCUT2D eigenvalue weighted by molar-refractivity contribution is 14.0. The maximum atomic E-state index is 5.69. The van der Waals surface area contributed by atoms with E-state index in [0.29, 0.717) is 12.5 Å². The maximum absolute atomic E-state index is 5.69. The van der Waals surface area contributed by atoms with Gasteiger partial charge in [0.2, 0.25) is 0 Å². The van der Waals surface area contributed by atoms with Gasteiger partial charge < -0.3 is 15.4 Å². The Morgan fingerprint density at radius 1 is 1.12 bits per heavy atom. The van der Waals surface area contributed by atoms with Crippen LogP contribution in [-0.2, 0) is 11.3 Å². The van der Waals surface area contributed by atoms with E-state index in [1.807, 2.05) is 18.2 Å². The predicted molar refractivity (Wildman–Crippen MR) is 114 cm³/mol. The predicted octanol–water partition coefficient (Wildman–Crippen LogP) is 4.20. The molecular weight excluding hydrogens is 413 g/mol. The molecule has 1 aromatic rings. The number of nitrogens with one attached hydrogen (secondary N) is 2. The van der Waals surface area contributed by atoms with E-state index in [-0.39, 0.29) is 24.0 Å². The lowest BCUT2D eigenvalue weighted by Gasteiger charge is -2.12. The second-order valence-electron chi connectivity index (χ2n) is 6.12. The standard InChI is InChI=1S/C19H33N3O.HI/c1-4-20-19(22-14-12-17(2)3)21-13-8-9-15-23-16-18-10-6-5-7-11-18;/h5-7,10-11,17H,4,8-9,12-16H2,1-3H3,(H2,20,21,22);1H. The van der Waals surface area contributed by atoms with Crippen LogP contribution in [0, 0.1) is 5.92 Å². The molecule has 1 rings (SSSR count). The number of aliphatic imine (C=N–C) groups is 1. The normalized spacial score (nSPS) is 11.2. The summed E-state index contributed by atoms with van der Waals surface area (Å²) in [5.74, 6) is 1.64. The highest BCUT2D eigenvalue weighted by Crippen LogP contribution is 2.01. The van der Waals surface area contributed by atoms with Gasteiger partial charge in [0, 0.05) is 26.2 Å². The van der Waals surface area contributed by atoms with Gasteiger partial charge in [-0.1, -0.05) is 44.2 Å². The fourth-order valence-corrected chi connectivity index (χ4v) is 2.09. The van der Waals surface area contributed by atoms with Crippen LogP contribution >= 0.6 is 24.0 Å². The van der Waals surface area contributed by atoms with Crippen LogP contribution in [0.25, 0.3) is 0 Å². The zero-order chi connectivity index (χ0) is 16.8. The van der Waals surface area contributed by atoms with Gasteiger partial charge in [0.05, 0.1) is 6.61 Å². The highest BCUT2D eigenvalue weighted by Gasteiger charge is 1.98. The summed E-state index contributed by atoms with van der Waals surface area (Å²) in [5, 5.41) is 6.67. The molecule has 0 unspecified atom stereocenters. The zero-order valence-electron chi connectivity index (χ0n) is 15.4. The van der Waals surface area contributed by atoms with E-state index in [1.54, 1.807) is 0 Å². The van der Waals surface area contributed by atoms with Gasteiger partial charge in [-0.25, -0.2) is 0 Å². The van der Waals surface area contributed by atoms with Crippen molar-refractivity contribution in [3.8, 4) is 0 Å². The van der Waals surface area contributed by atoms with E-state index >= 15 is 0 Å². The van der Waals surface area contributed by atoms with E-state index < -0.39 is 0 Å². The summed E-state index contributed by atoms with van der Waals surface area (Å²) >= 11 is 0. The molecule has 0 aliphatic carbocycles. The molecule has 1 aromatic carbocycles. The van der Waals surface area contributed by atoms with Crippen LogP contribution in [-0.4, -0.2) is 32.2 Å². The van der Waals surface area contributed by atoms with E-state index in [0.717, 1.165) is 51.5 Å². The van der Waals surface area contributed by atoms with E-state index in [4.69, 9.17) is 4.74 Å². The Labute approximate surface area is 164 Å². The molecule has 0 bridgehead atoms. The molecule has 0 amide bonds. The Morgan fingerprint density at radius 3 is 2.54 bits per heavy atom. The number of halogens is 1. The molecule has 4 nitrogen and oxygen atoms in total. The molecule has 0 saturated carbocycles. The molecule has 0 radical (unpaired) electrons. The van der Waals surface area contributed by atoms with Gasteiger partial charge in [0.1, 0.15) is 0 Å². The van der Waals surface area contributed by atoms with E-state index in [2.05, 4.69) is 48.5 Å². The molecule has 0 atom stereocenters. The molecule has 0 heterocycles. The molecule has 2 N–H and O–H groups in total. The maximum Gasteiger partial charge on any atom is 0.191 e. The Bertz CT molecular complexity index is 424. The van der Waals surface area contributed by atoms with Crippen molar-refractivity contribution in [2.24, 2.45) is 10.9 Å². The zero-order valence-corrected chi connectivity index (χ0v) is 17.7. The first kappa shape index (κ1) is 23.2. The van der Waals surface area contributed by atoms with E-state index in [1.165, 1.54) is 5.56 Å². The lowest BCUT2D eigenvalue weighted by atomic mass is 10.1. The summed E-state index contributed by atoms with van der Waals surface area (Å²) in [5.41, 5.74) is 1.23. The third-order valence-electron chi connectivity index (χ3n) is 3.44. The number of guanidine groups is 1. The fraction of sp³-hybridized carbons (Fsp3) is 0.632. The lowest BCUT2D eigenvalue weighted by molar-refractivity contribution is 0.117. The van der Waals surface area contributed by atoms with Gasteiger partial charge >= 0.3 is 0 Å². The van der Waals surface area contributed by atoms with Gasteiger partial charge in [-0.05, 0) is 37.7 Å². The van der Waals surface area contributed by atoms with Crippen molar-refractivity contribution in [1.82, 2.24) is 10.6 Å². The van der Waals surface area contributed by atoms with Crippen molar-refractivity contribution in [2.45, 2.75) is 46.6 Å². The quantitative estimate of drug-likeness (QED) is 0.231. The van der Waals surface area contributed by atoms with Crippen molar-refractivity contribution in [3.05, 3.63) is 35.9 Å². The smallest absolute Gasteiger partial charge is 0.191 e. The average Bonchev–Trinajstić information content (AvgIpc) is 2.54. The molecule has 0 fully saturated rings. The average molecular weight is 447 g/mol. The largest absolute Gasteiger partial charge is 0.377 e. The molecule has 0 saturated heterocycles. The van der Waals surface area contributed by atoms with Crippen molar-refractivity contribution >= 4 is 29.9 Å². The van der Waals surface area contributed by atoms with Crippen molar-refractivity contribution in [1.29, 1.82) is 0 Å². The molecule has 0 aliphatic heterocycles. The van der Waals surface area contributed by atoms with Gasteiger partial charge in [-0.15, -0.1) is 24.0 Å². The Kier molecular flexibility index (Phi) is 15.2. The first-order chi connectivity index (χ1) is 11.2. The summed E-state index contributed by atoms with van der Waals surface area (Å²) in [7, 11) is 0. The molecule has 24 heavy (non-hydrogen) atoms. The van der Waals surface area contributed by atoms with Crippen molar-refractivity contribution < 1.29 is 4.74 Å². The van der Waals surface area contributed by atoms with E-state index in [9.17, 15) is 0 Å². The highest BCUT2D eigenvalue weighted by atomic mass is 127. The molecule has 0 aliphatic rings. The first-order valence-electron chi connectivity index (χ1n) is 8.86. The minimum absolute atomic E-state index is 0. The van der Waals surface area contributed by atoms with Gasteiger partial charge in [0.15, 0.2) is 5.96 Å². The van der Waals surface area contributed by atoms with Gasteiger partial charge in [-0.2, -0.15) is 0 Å². The summed E-state index contributed by atoms with van der Waals surface area (Å²) in [6, 6.07) is 10.3. The van der Waals surface area contributed by atoms with Crippen LogP contribution in [0.1, 0.15) is 45.6 Å². The topological polar surface area (TPSA) is 45.7 Å². The number of unbranched alkanes of at least 4 members (excludes halogenated alkanes) is 1. The van der Waals surface area contributed by atoms with Crippen molar-refractivity contribution in [2.75, 3.05) is 26.2 Å². The second kappa shape index (κ2) is 15.7. The number of hydrogen-bond acceptors (Lipinski definition) is 2. The summed E-state index contributed by atoms with van der Waals surface area (Å²) in [6.45, 7) is 10.8. The second-order valence-corrected chi connectivity index (χ2v) is 6.12. The molecule has 0 aromatic heterocycles. The van der Waals surface area contributed by atoms with Crippen LogP contribution < -0.4 is 10.6 Å². The number of hydrogen-bond donors (Lipinski definition) is 2. The van der Waals surface area contributed by atoms with Gasteiger partial charge in [0.25, 0.3) is 0 Å². The summed E-state index contributed by atoms with van der Waals surface area (Å²) in [6.07, 6.45) is 3.26. The molecular formula is C19H34IN3O. The van der Waals surface area contributed by atoms with Crippen LogP contribution in [0.2, 0.25) is 0 Å². The first-order valence-corrected chi connectivity index (χ1v) is 8.86. The lowest BCUT2D eigenvalue weighted by Crippen LogP contribution is -2.38. The summed E-state index contributed by atoms with van der Waals surface area (Å²) < 4.78 is 5.69. The third kappa shape index (κ3) is 12.6. The Hall–Kier alpha value is -0.820. The SMILES string of the molecule is CCNC(=NCCCCOCc1ccccc1)NCCC(C)C.I. The Balaban J connectivity index is 0.00000529. The monoisotopic (exact) mass is 447 g/mol. The number of nitrogens with zero attached hydrogens (tertiary/aromatic N) is 1. The molecule has 5 heteroatoms. The van der Waals surface area contributed by atoms with Gasteiger partial charge in [-0.3, -0.25) is 4.99 Å². The summed E-state index contributed by atoms with van der Waals surface area (Å²) in [4.78, 5) is 4.60. The van der Waals surface area contributed by atoms with Crippen molar-refractivity contribution in [3.63, 3.8) is 0 Å². The van der Waals surface area contributed by atoms with Crippen LogP contribution in [0.4, 0.5) is 0 Å². The minimum atomic E-state index is 0. The molecule has 0 spiro atoms.